The van der Waals surface area contributed by atoms with Gasteiger partial charge in [0.15, 0.2) is 0 Å². The van der Waals surface area contributed by atoms with E-state index in [1.165, 1.54) is 0 Å². The van der Waals surface area contributed by atoms with Crippen molar-refractivity contribution in [3.63, 3.8) is 0 Å². The number of Topliss-reactive ketones (excluding diaryl/α,β-unsaturated/α-hetero) is 1. The molecule has 0 saturated heterocycles. The molecular formula is C13H20O. The van der Waals surface area contributed by atoms with Gasteiger partial charge < -0.3 is 0 Å². The summed E-state index contributed by atoms with van der Waals surface area (Å²) in [6.45, 7) is 4.50. The van der Waals surface area contributed by atoms with Crippen molar-refractivity contribution in [1.29, 1.82) is 0 Å². The third-order valence-electron chi connectivity index (χ3n) is 3.38. The average molecular weight is 192 g/mol. The molecule has 0 bridgehead atoms. The van der Waals surface area contributed by atoms with Crippen molar-refractivity contribution in [2.24, 2.45) is 17.8 Å². The van der Waals surface area contributed by atoms with Gasteiger partial charge in [0.25, 0.3) is 0 Å². The molecule has 1 heteroatoms. The Hall–Kier alpha value is -0.770. The Morgan fingerprint density at radius 2 is 2.29 bits per heavy atom. The number of carbonyl (C=O) groups excluding carboxylic acids is 1. The second-order valence-corrected chi connectivity index (χ2v) is 4.68. The number of hydrogen-bond acceptors (Lipinski definition) is 1. The number of terminal acetylenes is 1. The van der Waals surface area contributed by atoms with Gasteiger partial charge in [-0.15, -0.1) is 12.3 Å². The summed E-state index contributed by atoms with van der Waals surface area (Å²) in [5, 5.41) is 0. The molecule has 1 fully saturated rings. The van der Waals surface area contributed by atoms with Crippen LogP contribution < -0.4 is 0 Å². The third-order valence-corrected chi connectivity index (χ3v) is 3.38. The standard InChI is InChI=1S/C13H20O/c1-4-5-6-12-9-11(10(2)3)7-8-13(12)14/h1,10-12H,5-9H2,2-3H3. The largest absolute Gasteiger partial charge is 0.299 e. The maximum Gasteiger partial charge on any atom is 0.136 e. The van der Waals surface area contributed by atoms with E-state index in [1.54, 1.807) is 0 Å². The van der Waals surface area contributed by atoms with Crippen molar-refractivity contribution in [3.05, 3.63) is 0 Å². The summed E-state index contributed by atoms with van der Waals surface area (Å²) in [7, 11) is 0. The molecular weight excluding hydrogens is 172 g/mol. The van der Waals surface area contributed by atoms with Gasteiger partial charge in [0.2, 0.25) is 0 Å². The lowest BCUT2D eigenvalue weighted by Gasteiger charge is -2.30. The van der Waals surface area contributed by atoms with Gasteiger partial charge in [0.05, 0.1) is 0 Å². The van der Waals surface area contributed by atoms with Crippen LogP contribution in [0, 0.1) is 30.1 Å². The molecule has 78 valence electrons. The molecule has 2 atom stereocenters. The molecule has 0 aromatic rings. The van der Waals surface area contributed by atoms with E-state index in [4.69, 9.17) is 6.42 Å². The molecule has 0 amide bonds. The molecule has 0 spiro atoms. The van der Waals surface area contributed by atoms with Crippen LogP contribution in [-0.4, -0.2) is 5.78 Å². The van der Waals surface area contributed by atoms with Gasteiger partial charge in [0, 0.05) is 18.8 Å². The van der Waals surface area contributed by atoms with Crippen molar-refractivity contribution in [3.8, 4) is 12.3 Å². The minimum atomic E-state index is 0.257. The molecule has 2 unspecified atom stereocenters. The van der Waals surface area contributed by atoms with E-state index in [-0.39, 0.29) is 5.92 Å². The van der Waals surface area contributed by atoms with E-state index < -0.39 is 0 Å². The van der Waals surface area contributed by atoms with Gasteiger partial charge in [-0.25, -0.2) is 0 Å². The van der Waals surface area contributed by atoms with Crippen LogP contribution in [0.1, 0.15) is 46.0 Å². The van der Waals surface area contributed by atoms with E-state index in [0.717, 1.165) is 38.0 Å². The van der Waals surface area contributed by atoms with Crippen molar-refractivity contribution < 1.29 is 4.79 Å². The molecule has 0 heterocycles. The fraction of sp³-hybridized carbons (Fsp3) is 0.769. The second kappa shape index (κ2) is 5.20. The molecule has 0 N–H and O–H groups in total. The van der Waals surface area contributed by atoms with Crippen LogP contribution in [0.3, 0.4) is 0 Å². The summed E-state index contributed by atoms with van der Waals surface area (Å²) in [6, 6.07) is 0. The Balaban J connectivity index is 2.47. The van der Waals surface area contributed by atoms with Gasteiger partial charge in [-0.2, -0.15) is 0 Å². The maximum atomic E-state index is 11.6. The van der Waals surface area contributed by atoms with Gasteiger partial charge in [-0.05, 0) is 31.1 Å². The lowest BCUT2D eigenvalue weighted by atomic mass is 9.74. The quantitative estimate of drug-likeness (QED) is 0.628. The molecule has 1 aliphatic carbocycles. The average Bonchev–Trinajstić information content (AvgIpc) is 2.16. The monoisotopic (exact) mass is 192 g/mol. The number of carbonyl (C=O) groups is 1. The van der Waals surface area contributed by atoms with Gasteiger partial charge in [-0.3, -0.25) is 4.79 Å². The van der Waals surface area contributed by atoms with Crippen LogP contribution in [0.5, 0.6) is 0 Å². The molecule has 1 saturated carbocycles. The lowest BCUT2D eigenvalue weighted by Crippen LogP contribution is -2.27. The Kier molecular flexibility index (Phi) is 4.20. The summed E-state index contributed by atoms with van der Waals surface area (Å²) in [5.74, 6) is 4.76. The molecule has 1 nitrogen and oxygen atoms in total. The summed E-state index contributed by atoms with van der Waals surface area (Å²) in [6.07, 6.45) is 9.81. The molecule has 14 heavy (non-hydrogen) atoms. The van der Waals surface area contributed by atoms with Crippen LogP contribution in [-0.2, 0) is 4.79 Å². The Bertz CT molecular complexity index is 234. The highest BCUT2D eigenvalue weighted by atomic mass is 16.1. The third kappa shape index (κ3) is 2.87. The van der Waals surface area contributed by atoms with E-state index in [9.17, 15) is 4.79 Å². The minimum absolute atomic E-state index is 0.257. The van der Waals surface area contributed by atoms with Crippen LogP contribution in [0.25, 0.3) is 0 Å². The highest BCUT2D eigenvalue weighted by molar-refractivity contribution is 5.81. The van der Waals surface area contributed by atoms with E-state index in [0.29, 0.717) is 11.7 Å². The van der Waals surface area contributed by atoms with E-state index in [2.05, 4.69) is 19.8 Å². The molecule has 0 radical (unpaired) electrons. The number of hydrogen-bond donors (Lipinski definition) is 0. The van der Waals surface area contributed by atoms with Crippen LogP contribution >= 0.6 is 0 Å². The Labute approximate surface area is 87.3 Å². The molecule has 1 aliphatic rings. The smallest absolute Gasteiger partial charge is 0.136 e. The zero-order valence-corrected chi connectivity index (χ0v) is 9.25. The minimum Gasteiger partial charge on any atom is -0.299 e. The van der Waals surface area contributed by atoms with E-state index in [1.807, 2.05) is 0 Å². The van der Waals surface area contributed by atoms with Crippen LogP contribution in [0.4, 0.5) is 0 Å². The first-order valence-corrected chi connectivity index (χ1v) is 5.61. The Morgan fingerprint density at radius 1 is 1.57 bits per heavy atom. The first-order chi connectivity index (χ1) is 6.65. The molecule has 0 aromatic carbocycles. The predicted octanol–water partition coefficient (Wildman–Crippen LogP) is 3.04. The SMILES string of the molecule is C#CCCC1CC(C(C)C)CCC1=O. The van der Waals surface area contributed by atoms with Crippen molar-refractivity contribution in [2.45, 2.75) is 46.0 Å². The van der Waals surface area contributed by atoms with Gasteiger partial charge in [-0.1, -0.05) is 13.8 Å². The first-order valence-electron chi connectivity index (χ1n) is 5.61. The van der Waals surface area contributed by atoms with Crippen LogP contribution in [0.2, 0.25) is 0 Å². The second-order valence-electron chi connectivity index (χ2n) is 4.68. The zero-order chi connectivity index (χ0) is 10.6. The number of rotatable bonds is 3. The lowest BCUT2D eigenvalue weighted by molar-refractivity contribution is -0.126. The maximum absolute atomic E-state index is 11.6. The zero-order valence-electron chi connectivity index (χ0n) is 9.25. The topological polar surface area (TPSA) is 17.1 Å². The van der Waals surface area contributed by atoms with Gasteiger partial charge in [0.1, 0.15) is 5.78 Å². The molecule has 1 rings (SSSR count). The van der Waals surface area contributed by atoms with E-state index >= 15 is 0 Å². The number of ketones is 1. The summed E-state index contributed by atoms with van der Waals surface area (Å²) in [4.78, 5) is 11.6. The van der Waals surface area contributed by atoms with Crippen molar-refractivity contribution in [1.82, 2.24) is 0 Å². The normalized spacial score (nSPS) is 27.7. The summed E-state index contributed by atoms with van der Waals surface area (Å²) < 4.78 is 0. The highest BCUT2D eigenvalue weighted by Gasteiger charge is 2.29. The van der Waals surface area contributed by atoms with Gasteiger partial charge >= 0.3 is 0 Å². The fourth-order valence-corrected chi connectivity index (χ4v) is 2.29. The highest BCUT2D eigenvalue weighted by Crippen LogP contribution is 2.33. The first kappa shape index (κ1) is 11.3. The van der Waals surface area contributed by atoms with Crippen LogP contribution in [0.15, 0.2) is 0 Å². The summed E-state index contributed by atoms with van der Waals surface area (Å²) in [5.41, 5.74) is 0. The fourth-order valence-electron chi connectivity index (χ4n) is 2.29. The predicted molar refractivity (Wildman–Crippen MR) is 58.7 cm³/mol. The molecule has 0 aromatic heterocycles. The Morgan fingerprint density at radius 3 is 2.86 bits per heavy atom. The summed E-state index contributed by atoms with van der Waals surface area (Å²) >= 11 is 0. The van der Waals surface area contributed by atoms with Crippen molar-refractivity contribution >= 4 is 5.78 Å². The van der Waals surface area contributed by atoms with Crippen molar-refractivity contribution in [2.75, 3.05) is 0 Å². The molecule has 0 aliphatic heterocycles.